The van der Waals surface area contributed by atoms with Gasteiger partial charge in [0.15, 0.2) is 5.65 Å². The normalized spacial score (nSPS) is 12.5. The van der Waals surface area contributed by atoms with Crippen molar-refractivity contribution in [1.82, 2.24) is 28.7 Å². The van der Waals surface area contributed by atoms with Gasteiger partial charge in [0.1, 0.15) is 28.3 Å². The molecule has 7 heteroatoms. The second-order valence-corrected chi connectivity index (χ2v) is 10.9. The fourth-order valence-electron chi connectivity index (χ4n) is 5.82. The average molecular weight is 509 g/mol. The first-order chi connectivity index (χ1) is 19.0. The summed E-state index contributed by atoms with van der Waals surface area (Å²) >= 11 is 0. The van der Waals surface area contributed by atoms with Crippen LogP contribution >= 0.6 is 0 Å². The Morgan fingerprint density at radius 2 is 1.26 bits per heavy atom. The van der Waals surface area contributed by atoms with E-state index in [4.69, 9.17) is 9.72 Å². The molecular formula is C32H24N6O. The summed E-state index contributed by atoms with van der Waals surface area (Å²) in [5.41, 5.74) is 5.81. The molecule has 5 heterocycles. The molecular weight excluding hydrogens is 484 g/mol. The van der Waals surface area contributed by atoms with Gasteiger partial charge in [0.2, 0.25) is 0 Å². The molecule has 0 saturated heterocycles. The molecule has 8 rings (SSSR count). The van der Waals surface area contributed by atoms with Crippen molar-refractivity contribution in [2.45, 2.75) is 26.2 Å². The molecule has 0 aliphatic rings. The van der Waals surface area contributed by atoms with E-state index in [0.29, 0.717) is 0 Å². The summed E-state index contributed by atoms with van der Waals surface area (Å²) < 4.78 is 10.6. The number of pyridine rings is 2. The molecule has 7 nitrogen and oxygen atoms in total. The zero-order valence-corrected chi connectivity index (χ0v) is 21.8. The molecule has 0 radical (unpaired) electrons. The molecule has 0 fully saturated rings. The van der Waals surface area contributed by atoms with Gasteiger partial charge in [-0.1, -0.05) is 32.9 Å². The Balaban J connectivity index is 1.32. The summed E-state index contributed by atoms with van der Waals surface area (Å²) in [5.74, 6) is 1.48. The maximum absolute atomic E-state index is 6.46. The van der Waals surface area contributed by atoms with Gasteiger partial charge in [0.05, 0.1) is 5.52 Å². The molecule has 0 spiro atoms. The van der Waals surface area contributed by atoms with E-state index in [1.54, 1.807) is 18.6 Å². The Morgan fingerprint density at radius 1 is 0.615 bits per heavy atom. The Morgan fingerprint density at radius 3 is 2.03 bits per heavy atom. The number of fused-ring (bicyclic) bond motifs is 12. The highest BCUT2D eigenvalue weighted by atomic mass is 16.5. The predicted molar refractivity (Wildman–Crippen MR) is 155 cm³/mol. The van der Waals surface area contributed by atoms with Gasteiger partial charge < -0.3 is 4.74 Å². The number of imidazole rings is 2. The standard InChI is InChI=1S/C32H24N6O/c1-32(2,3)25-5-4-6-26-27(25)21-9-7-19(17-23(21)29-35-13-15-37(26)29)39-20-8-10-22-24(18-20)30-36-14-16-38(30)31-28(22)33-11-12-34-31/h4-18H,1-3H3. The van der Waals surface area contributed by atoms with Crippen LogP contribution in [0.2, 0.25) is 0 Å². The fraction of sp³-hybridized carbons (Fsp3) is 0.125. The third kappa shape index (κ3) is 3.16. The van der Waals surface area contributed by atoms with Crippen LogP contribution in [0.25, 0.3) is 54.9 Å². The van der Waals surface area contributed by atoms with Crippen LogP contribution in [0.3, 0.4) is 0 Å². The molecule has 39 heavy (non-hydrogen) atoms. The minimum Gasteiger partial charge on any atom is -0.457 e. The lowest BCUT2D eigenvalue weighted by molar-refractivity contribution is 0.484. The lowest BCUT2D eigenvalue weighted by Crippen LogP contribution is -2.12. The van der Waals surface area contributed by atoms with E-state index in [1.807, 2.05) is 47.3 Å². The van der Waals surface area contributed by atoms with Crippen LogP contribution in [0.5, 0.6) is 11.5 Å². The molecule has 188 valence electrons. The molecule has 0 aliphatic heterocycles. The van der Waals surface area contributed by atoms with Crippen LogP contribution in [-0.2, 0) is 5.41 Å². The second-order valence-electron chi connectivity index (χ2n) is 10.9. The summed E-state index contributed by atoms with van der Waals surface area (Å²) in [6.45, 7) is 6.78. The van der Waals surface area contributed by atoms with Crippen molar-refractivity contribution >= 4 is 54.9 Å². The summed E-state index contributed by atoms with van der Waals surface area (Å²) in [6, 6.07) is 18.9. The van der Waals surface area contributed by atoms with Crippen LogP contribution in [0.15, 0.2) is 91.8 Å². The van der Waals surface area contributed by atoms with E-state index < -0.39 is 0 Å². The summed E-state index contributed by atoms with van der Waals surface area (Å²) in [6.07, 6.45) is 11.0. The van der Waals surface area contributed by atoms with Crippen LogP contribution in [-0.4, -0.2) is 28.7 Å². The van der Waals surface area contributed by atoms with Gasteiger partial charge in [-0.2, -0.15) is 0 Å². The Kier molecular flexibility index (Phi) is 4.36. The summed E-state index contributed by atoms with van der Waals surface area (Å²) in [7, 11) is 0. The smallest absolute Gasteiger partial charge is 0.165 e. The molecule has 0 N–H and O–H groups in total. The molecule has 5 aromatic heterocycles. The van der Waals surface area contributed by atoms with Crippen molar-refractivity contribution in [1.29, 1.82) is 0 Å². The maximum Gasteiger partial charge on any atom is 0.165 e. The quantitative estimate of drug-likeness (QED) is 0.227. The second kappa shape index (κ2) is 7.74. The van der Waals surface area contributed by atoms with E-state index in [2.05, 4.69) is 70.5 Å². The van der Waals surface area contributed by atoms with Crippen LogP contribution in [0, 0.1) is 0 Å². The number of rotatable bonds is 2. The first-order valence-electron chi connectivity index (χ1n) is 13.0. The number of benzene rings is 3. The number of ether oxygens (including phenoxy) is 1. The van der Waals surface area contributed by atoms with Gasteiger partial charge in [0.25, 0.3) is 0 Å². The fourth-order valence-corrected chi connectivity index (χ4v) is 5.82. The highest BCUT2D eigenvalue weighted by Crippen LogP contribution is 2.39. The summed E-state index contributed by atoms with van der Waals surface area (Å²) in [5, 5.41) is 5.42. The molecule has 0 aliphatic carbocycles. The molecule has 0 atom stereocenters. The van der Waals surface area contributed by atoms with Gasteiger partial charge in [0, 0.05) is 58.7 Å². The van der Waals surface area contributed by atoms with Gasteiger partial charge in [-0.25, -0.2) is 15.0 Å². The average Bonchev–Trinajstić information content (AvgIpc) is 3.63. The highest BCUT2D eigenvalue weighted by Gasteiger charge is 2.21. The van der Waals surface area contributed by atoms with Crippen molar-refractivity contribution in [3.05, 3.63) is 97.3 Å². The topological polar surface area (TPSA) is 69.6 Å². The molecule has 0 bridgehead atoms. The van der Waals surface area contributed by atoms with Crippen molar-refractivity contribution in [3.8, 4) is 11.5 Å². The Labute approximate surface area is 223 Å². The van der Waals surface area contributed by atoms with Gasteiger partial charge in [-0.3, -0.25) is 13.8 Å². The van der Waals surface area contributed by atoms with E-state index >= 15 is 0 Å². The molecule has 0 saturated carbocycles. The summed E-state index contributed by atoms with van der Waals surface area (Å²) in [4.78, 5) is 18.5. The first kappa shape index (κ1) is 22.0. The van der Waals surface area contributed by atoms with Gasteiger partial charge >= 0.3 is 0 Å². The number of hydrogen-bond acceptors (Lipinski definition) is 5. The Bertz CT molecular complexity index is 2250. The van der Waals surface area contributed by atoms with Crippen LogP contribution in [0.4, 0.5) is 0 Å². The third-order valence-electron chi connectivity index (χ3n) is 7.52. The minimum absolute atomic E-state index is 0.00626. The lowest BCUT2D eigenvalue weighted by Gasteiger charge is -2.23. The predicted octanol–water partition coefficient (Wildman–Crippen LogP) is 7.47. The maximum atomic E-state index is 6.46. The SMILES string of the molecule is CC(C)(C)c1cccc2c1c1ccc(Oc3ccc4c(c3)c3nccn3c3nccnc43)cc1c1nccn21. The van der Waals surface area contributed by atoms with Crippen molar-refractivity contribution in [2.24, 2.45) is 0 Å². The minimum atomic E-state index is -0.00626. The van der Waals surface area contributed by atoms with Crippen LogP contribution < -0.4 is 4.74 Å². The molecule has 0 unspecified atom stereocenters. The van der Waals surface area contributed by atoms with Crippen molar-refractivity contribution < 1.29 is 4.74 Å². The van der Waals surface area contributed by atoms with E-state index in [0.717, 1.165) is 55.6 Å². The molecule has 0 amide bonds. The number of hydrogen-bond donors (Lipinski definition) is 0. The number of nitrogens with zero attached hydrogens (tertiary/aromatic N) is 6. The Hall–Kier alpha value is -5.04. The monoisotopic (exact) mass is 508 g/mol. The molecule has 3 aromatic carbocycles. The van der Waals surface area contributed by atoms with Gasteiger partial charge in [-0.05, 0) is 58.8 Å². The van der Waals surface area contributed by atoms with Crippen molar-refractivity contribution in [2.75, 3.05) is 0 Å². The van der Waals surface area contributed by atoms with Gasteiger partial charge in [-0.15, -0.1) is 0 Å². The zero-order valence-electron chi connectivity index (χ0n) is 21.8. The number of aromatic nitrogens is 6. The third-order valence-corrected chi connectivity index (χ3v) is 7.52. The van der Waals surface area contributed by atoms with Crippen molar-refractivity contribution in [3.63, 3.8) is 0 Å². The first-order valence-corrected chi connectivity index (χ1v) is 13.0. The van der Waals surface area contributed by atoms with Crippen LogP contribution in [0.1, 0.15) is 26.3 Å². The largest absolute Gasteiger partial charge is 0.457 e. The zero-order chi connectivity index (χ0) is 26.3. The molecule has 8 aromatic rings. The van der Waals surface area contributed by atoms with E-state index in [9.17, 15) is 0 Å². The van der Waals surface area contributed by atoms with E-state index in [-0.39, 0.29) is 5.41 Å². The van der Waals surface area contributed by atoms with E-state index in [1.165, 1.54) is 16.3 Å². The lowest BCUT2D eigenvalue weighted by atomic mass is 9.83. The highest BCUT2D eigenvalue weighted by molar-refractivity contribution is 6.14.